The second kappa shape index (κ2) is 7.10. The number of hydrogen-bond donors (Lipinski definition) is 3. The third-order valence-electron chi connectivity index (χ3n) is 2.82. The molecule has 0 radical (unpaired) electrons. The van der Waals surface area contributed by atoms with E-state index in [2.05, 4.69) is 24.2 Å². The highest BCUT2D eigenvalue weighted by molar-refractivity contribution is 5.93. The van der Waals surface area contributed by atoms with Crippen LogP contribution < -0.4 is 11.3 Å². The van der Waals surface area contributed by atoms with E-state index in [0.29, 0.717) is 24.7 Å². The number of carbonyl (C=O) groups excluding carboxylic acids is 1. The van der Waals surface area contributed by atoms with Gasteiger partial charge in [0, 0.05) is 24.7 Å². The number of aliphatic hydroxyl groups is 1. The minimum absolute atomic E-state index is 0.126. The van der Waals surface area contributed by atoms with Crippen molar-refractivity contribution in [1.29, 1.82) is 0 Å². The van der Waals surface area contributed by atoms with E-state index in [0.717, 1.165) is 5.56 Å². The van der Waals surface area contributed by atoms with Crippen LogP contribution in [-0.4, -0.2) is 35.1 Å². The van der Waals surface area contributed by atoms with E-state index in [1.165, 1.54) is 0 Å². The summed E-state index contributed by atoms with van der Waals surface area (Å²) in [6.07, 6.45) is 0. The summed E-state index contributed by atoms with van der Waals surface area (Å²) >= 11 is 0. The molecule has 1 rings (SSSR count). The van der Waals surface area contributed by atoms with Gasteiger partial charge in [0.2, 0.25) is 0 Å². The molecular weight excluding hydrogens is 230 g/mol. The smallest absolute Gasteiger partial charge is 0.265 e. The summed E-state index contributed by atoms with van der Waals surface area (Å²) < 4.78 is 0. The average molecular weight is 251 g/mol. The Morgan fingerprint density at radius 2 is 2.22 bits per heavy atom. The van der Waals surface area contributed by atoms with E-state index < -0.39 is 0 Å². The van der Waals surface area contributed by atoms with E-state index in [9.17, 15) is 4.79 Å². The molecule has 0 saturated carbocycles. The number of nitrogens with one attached hydrogen (secondary N) is 1. The molecule has 1 aromatic rings. The lowest BCUT2D eigenvalue weighted by Gasteiger charge is -2.25. The molecular formula is C13H21N3O2. The van der Waals surface area contributed by atoms with E-state index in [4.69, 9.17) is 10.9 Å². The predicted molar refractivity (Wildman–Crippen MR) is 70.7 cm³/mol. The number of hydrazine groups is 1. The number of hydrogen-bond acceptors (Lipinski definition) is 4. The highest BCUT2D eigenvalue weighted by Gasteiger charge is 2.10. The summed E-state index contributed by atoms with van der Waals surface area (Å²) in [5.74, 6) is 4.81. The van der Waals surface area contributed by atoms with E-state index in [-0.39, 0.29) is 12.5 Å². The zero-order valence-electron chi connectivity index (χ0n) is 10.9. The lowest BCUT2D eigenvalue weighted by atomic mass is 10.1. The topological polar surface area (TPSA) is 78.6 Å². The van der Waals surface area contributed by atoms with Crippen LogP contribution in [0.4, 0.5) is 0 Å². The fourth-order valence-electron chi connectivity index (χ4n) is 1.78. The van der Waals surface area contributed by atoms with Gasteiger partial charge in [0.25, 0.3) is 5.91 Å². The molecule has 0 atom stereocenters. The summed E-state index contributed by atoms with van der Waals surface area (Å²) in [4.78, 5) is 13.6. The van der Waals surface area contributed by atoms with Crippen molar-refractivity contribution in [1.82, 2.24) is 10.3 Å². The molecule has 0 aliphatic heterocycles. The van der Waals surface area contributed by atoms with E-state index in [1.54, 1.807) is 6.07 Å². The van der Waals surface area contributed by atoms with Crippen molar-refractivity contribution in [3.63, 3.8) is 0 Å². The standard InChI is InChI=1S/C13H21N3O2/c1-10(2)16(6-7-17)9-11-4-3-5-12(8-11)13(18)15-14/h3-5,8,10,17H,6-7,9,14H2,1-2H3,(H,15,18). The molecule has 0 aliphatic carbocycles. The third kappa shape index (κ3) is 4.10. The number of amides is 1. The van der Waals surface area contributed by atoms with Crippen LogP contribution in [0.1, 0.15) is 29.8 Å². The van der Waals surface area contributed by atoms with Crippen LogP contribution in [0.15, 0.2) is 24.3 Å². The molecule has 0 heterocycles. The fourth-order valence-corrected chi connectivity index (χ4v) is 1.78. The normalized spacial score (nSPS) is 11.0. The molecule has 5 nitrogen and oxygen atoms in total. The van der Waals surface area contributed by atoms with Crippen LogP contribution in [0.25, 0.3) is 0 Å². The largest absolute Gasteiger partial charge is 0.395 e. The lowest BCUT2D eigenvalue weighted by Crippen LogP contribution is -2.33. The fraction of sp³-hybridized carbons (Fsp3) is 0.462. The van der Waals surface area contributed by atoms with Crippen molar-refractivity contribution in [2.24, 2.45) is 5.84 Å². The molecule has 1 amide bonds. The number of carbonyl (C=O) groups is 1. The number of nitrogen functional groups attached to an aromatic ring is 1. The molecule has 5 heteroatoms. The van der Waals surface area contributed by atoms with Gasteiger partial charge in [-0.15, -0.1) is 0 Å². The Kier molecular flexibility index (Phi) is 5.77. The van der Waals surface area contributed by atoms with Gasteiger partial charge in [0.05, 0.1) is 6.61 Å². The number of nitrogens with two attached hydrogens (primary N) is 1. The van der Waals surface area contributed by atoms with Gasteiger partial charge in [-0.2, -0.15) is 0 Å². The number of benzene rings is 1. The summed E-state index contributed by atoms with van der Waals surface area (Å²) in [7, 11) is 0. The highest BCUT2D eigenvalue weighted by Crippen LogP contribution is 2.10. The van der Waals surface area contributed by atoms with Crippen LogP contribution in [0.3, 0.4) is 0 Å². The van der Waals surface area contributed by atoms with Crippen LogP contribution in [0.5, 0.6) is 0 Å². The molecule has 4 N–H and O–H groups in total. The Labute approximate surface area is 108 Å². The maximum absolute atomic E-state index is 11.4. The molecule has 0 unspecified atom stereocenters. The van der Waals surface area contributed by atoms with Crippen molar-refractivity contribution in [2.75, 3.05) is 13.2 Å². The highest BCUT2D eigenvalue weighted by atomic mass is 16.3. The summed E-state index contributed by atoms with van der Waals surface area (Å²) in [5.41, 5.74) is 3.69. The lowest BCUT2D eigenvalue weighted by molar-refractivity contribution is 0.0953. The number of aliphatic hydroxyl groups excluding tert-OH is 1. The van der Waals surface area contributed by atoms with E-state index >= 15 is 0 Å². The molecule has 0 saturated heterocycles. The molecule has 0 spiro atoms. The van der Waals surface area contributed by atoms with Gasteiger partial charge in [0.1, 0.15) is 0 Å². The molecule has 100 valence electrons. The zero-order chi connectivity index (χ0) is 13.5. The zero-order valence-corrected chi connectivity index (χ0v) is 10.9. The van der Waals surface area contributed by atoms with E-state index in [1.807, 2.05) is 18.2 Å². The van der Waals surface area contributed by atoms with Gasteiger partial charge >= 0.3 is 0 Å². The summed E-state index contributed by atoms with van der Waals surface area (Å²) in [6, 6.07) is 7.66. The SMILES string of the molecule is CC(C)N(CCO)Cc1cccc(C(=O)NN)c1. The van der Waals surface area contributed by atoms with Crippen molar-refractivity contribution in [3.05, 3.63) is 35.4 Å². The van der Waals surface area contributed by atoms with Crippen LogP contribution >= 0.6 is 0 Å². The van der Waals surface area contributed by atoms with Gasteiger partial charge in [-0.05, 0) is 31.5 Å². The summed E-state index contributed by atoms with van der Waals surface area (Å²) in [5, 5.41) is 9.02. The molecule has 0 aliphatic rings. The minimum atomic E-state index is -0.296. The molecule has 0 bridgehead atoms. The number of rotatable bonds is 6. The first-order valence-corrected chi connectivity index (χ1v) is 6.03. The van der Waals surface area contributed by atoms with Crippen LogP contribution in [0.2, 0.25) is 0 Å². The quantitative estimate of drug-likeness (QED) is 0.391. The predicted octanol–water partition coefficient (Wildman–Crippen LogP) is 0.493. The van der Waals surface area contributed by atoms with Crippen molar-refractivity contribution < 1.29 is 9.90 Å². The maximum atomic E-state index is 11.4. The average Bonchev–Trinajstić information content (AvgIpc) is 2.37. The Balaban J connectivity index is 2.80. The second-order valence-electron chi connectivity index (χ2n) is 4.46. The van der Waals surface area contributed by atoms with Gasteiger partial charge in [-0.3, -0.25) is 15.1 Å². The van der Waals surface area contributed by atoms with Gasteiger partial charge in [0.15, 0.2) is 0 Å². The second-order valence-corrected chi connectivity index (χ2v) is 4.46. The first-order valence-electron chi connectivity index (χ1n) is 6.03. The van der Waals surface area contributed by atoms with Crippen LogP contribution in [0, 0.1) is 0 Å². The Morgan fingerprint density at radius 3 is 2.78 bits per heavy atom. The Morgan fingerprint density at radius 1 is 1.50 bits per heavy atom. The third-order valence-corrected chi connectivity index (χ3v) is 2.82. The maximum Gasteiger partial charge on any atom is 0.265 e. The first kappa shape index (κ1) is 14.6. The van der Waals surface area contributed by atoms with Crippen LogP contribution in [-0.2, 0) is 6.54 Å². The minimum Gasteiger partial charge on any atom is -0.395 e. The molecule has 18 heavy (non-hydrogen) atoms. The first-order chi connectivity index (χ1) is 8.58. The van der Waals surface area contributed by atoms with Crippen molar-refractivity contribution >= 4 is 5.91 Å². The Hall–Kier alpha value is -1.43. The van der Waals surface area contributed by atoms with Crippen molar-refractivity contribution in [3.8, 4) is 0 Å². The molecule has 0 aromatic heterocycles. The van der Waals surface area contributed by atoms with Crippen molar-refractivity contribution in [2.45, 2.75) is 26.4 Å². The monoisotopic (exact) mass is 251 g/mol. The van der Waals surface area contributed by atoms with Gasteiger partial charge < -0.3 is 5.11 Å². The Bertz CT molecular complexity index is 394. The number of nitrogens with zero attached hydrogens (tertiary/aromatic N) is 1. The molecule has 0 fully saturated rings. The summed E-state index contributed by atoms with van der Waals surface area (Å²) in [6.45, 7) is 5.59. The van der Waals surface area contributed by atoms with Gasteiger partial charge in [-0.25, -0.2) is 5.84 Å². The van der Waals surface area contributed by atoms with Gasteiger partial charge in [-0.1, -0.05) is 12.1 Å². The molecule has 1 aromatic carbocycles.